The van der Waals surface area contributed by atoms with Crippen LogP contribution < -0.4 is 5.56 Å². The molecule has 2 aromatic heterocycles. The molecule has 0 aliphatic carbocycles. The van der Waals surface area contributed by atoms with Crippen LogP contribution in [0.4, 0.5) is 0 Å². The van der Waals surface area contributed by atoms with Crippen LogP contribution in [0.5, 0.6) is 0 Å². The van der Waals surface area contributed by atoms with Crippen molar-refractivity contribution in [1.82, 2.24) is 9.38 Å². The van der Waals surface area contributed by atoms with Crippen molar-refractivity contribution < 1.29 is 9.53 Å². The Morgan fingerprint density at radius 1 is 1.24 bits per heavy atom. The van der Waals surface area contributed by atoms with Gasteiger partial charge in [-0.2, -0.15) is 0 Å². The third-order valence-electron chi connectivity index (χ3n) is 3.23. The summed E-state index contributed by atoms with van der Waals surface area (Å²) >= 11 is 10.5. The van der Waals surface area contributed by atoms with E-state index in [1.165, 1.54) is 22.2 Å². The highest BCUT2D eigenvalue weighted by Crippen LogP contribution is 2.20. The molecule has 25 heavy (non-hydrogen) atoms. The van der Waals surface area contributed by atoms with Gasteiger partial charge in [-0.3, -0.25) is 14.0 Å². The molecule has 0 aliphatic rings. The Morgan fingerprint density at radius 2 is 2.00 bits per heavy atom. The number of benzene rings is 1. The van der Waals surface area contributed by atoms with Gasteiger partial charge in [-0.1, -0.05) is 11.6 Å². The van der Waals surface area contributed by atoms with Crippen molar-refractivity contribution in [2.45, 2.75) is 11.5 Å². The molecular formula is C17H12BrClN2O3S. The van der Waals surface area contributed by atoms with E-state index in [2.05, 4.69) is 20.9 Å². The van der Waals surface area contributed by atoms with Crippen LogP contribution in [0.3, 0.4) is 0 Å². The third kappa shape index (κ3) is 4.84. The number of esters is 1. The van der Waals surface area contributed by atoms with Gasteiger partial charge in [0.25, 0.3) is 5.56 Å². The monoisotopic (exact) mass is 438 g/mol. The first-order valence-electron chi connectivity index (χ1n) is 7.23. The second kappa shape index (κ2) is 8.03. The smallest absolute Gasteiger partial charge is 0.316 e. The first-order valence-corrected chi connectivity index (χ1v) is 9.39. The number of aromatic nitrogens is 2. The van der Waals surface area contributed by atoms with Gasteiger partial charge in [-0.15, -0.1) is 11.8 Å². The van der Waals surface area contributed by atoms with Gasteiger partial charge in [0.15, 0.2) is 0 Å². The van der Waals surface area contributed by atoms with Crippen molar-refractivity contribution in [3.05, 3.63) is 74.2 Å². The van der Waals surface area contributed by atoms with Gasteiger partial charge < -0.3 is 4.74 Å². The number of rotatable bonds is 5. The van der Waals surface area contributed by atoms with Crippen molar-refractivity contribution in [1.29, 1.82) is 0 Å². The Labute approximate surface area is 161 Å². The number of thioether (sulfide) groups is 1. The van der Waals surface area contributed by atoms with E-state index < -0.39 is 0 Å². The molecule has 3 aromatic rings. The Balaban J connectivity index is 1.60. The van der Waals surface area contributed by atoms with Crippen molar-refractivity contribution in [2.24, 2.45) is 0 Å². The summed E-state index contributed by atoms with van der Waals surface area (Å²) in [5, 5.41) is 0.646. The molecule has 2 heterocycles. The number of carbonyl (C=O) groups excluding carboxylic acids is 1. The fourth-order valence-electron chi connectivity index (χ4n) is 2.07. The summed E-state index contributed by atoms with van der Waals surface area (Å²) in [5.41, 5.74) is 0.683. The number of halogens is 2. The SMILES string of the molecule is O=C(CSc1ccc(Cl)cc1)OCc1cc(=O)n2cc(Br)ccc2n1. The highest BCUT2D eigenvalue weighted by Gasteiger charge is 2.08. The van der Waals surface area contributed by atoms with Crippen LogP contribution in [0.2, 0.25) is 5.02 Å². The minimum atomic E-state index is -0.377. The number of nitrogens with zero attached hydrogens (tertiary/aromatic N) is 2. The van der Waals surface area contributed by atoms with E-state index in [9.17, 15) is 9.59 Å². The zero-order chi connectivity index (χ0) is 17.8. The highest BCUT2D eigenvalue weighted by molar-refractivity contribution is 9.10. The molecule has 0 amide bonds. The Hall–Kier alpha value is -1.83. The molecule has 0 radical (unpaired) electrons. The fraction of sp³-hybridized carbons (Fsp3) is 0.118. The van der Waals surface area contributed by atoms with Gasteiger partial charge in [-0.05, 0) is 52.3 Å². The maximum atomic E-state index is 12.1. The fourth-order valence-corrected chi connectivity index (χ4v) is 3.23. The Bertz CT molecular complexity index is 976. The average molecular weight is 440 g/mol. The molecule has 0 saturated heterocycles. The minimum absolute atomic E-state index is 0.0399. The van der Waals surface area contributed by atoms with Crippen LogP contribution in [0, 0.1) is 0 Å². The van der Waals surface area contributed by atoms with E-state index >= 15 is 0 Å². The summed E-state index contributed by atoms with van der Waals surface area (Å²) in [7, 11) is 0. The van der Waals surface area contributed by atoms with Crippen molar-refractivity contribution >= 4 is 50.9 Å². The van der Waals surface area contributed by atoms with Crippen LogP contribution in [0.25, 0.3) is 5.65 Å². The molecule has 0 N–H and O–H groups in total. The van der Waals surface area contributed by atoms with E-state index in [1.54, 1.807) is 30.5 Å². The molecule has 3 rings (SSSR count). The van der Waals surface area contributed by atoms with Gasteiger partial charge in [0, 0.05) is 26.7 Å². The maximum Gasteiger partial charge on any atom is 0.316 e. The molecule has 8 heteroatoms. The first kappa shape index (κ1) is 18.0. The van der Waals surface area contributed by atoms with Gasteiger partial charge in [0.1, 0.15) is 12.3 Å². The number of pyridine rings is 1. The quantitative estimate of drug-likeness (QED) is 0.445. The predicted molar refractivity (Wildman–Crippen MR) is 101 cm³/mol. The molecule has 1 aromatic carbocycles. The predicted octanol–water partition coefficient (Wildman–Crippen LogP) is 3.95. The lowest BCUT2D eigenvalue weighted by atomic mass is 10.4. The minimum Gasteiger partial charge on any atom is -0.459 e. The molecule has 0 saturated carbocycles. The summed E-state index contributed by atoms with van der Waals surface area (Å²) in [4.78, 5) is 29.2. The first-order chi connectivity index (χ1) is 12.0. The Kier molecular flexibility index (Phi) is 5.78. The van der Waals surface area contributed by atoms with Crippen LogP contribution >= 0.6 is 39.3 Å². The highest BCUT2D eigenvalue weighted by atomic mass is 79.9. The van der Waals surface area contributed by atoms with E-state index in [0.29, 0.717) is 16.4 Å². The summed E-state index contributed by atoms with van der Waals surface area (Å²) in [6.45, 7) is -0.0399. The molecule has 0 fully saturated rings. The molecular weight excluding hydrogens is 428 g/mol. The summed E-state index contributed by atoms with van der Waals surface area (Å²) in [6.07, 6.45) is 1.64. The van der Waals surface area contributed by atoms with Crippen molar-refractivity contribution in [2.75, 3.05) is 5.75 Å². The molecule has 5 nitrogen and oxygen atoms in total. The van der Waals surface area contributed by atoms with Crippen LogP contribution in [-0.2, 0) is 16.1 Å². The lowest BCUT2D eigenvalue weighted by molar-refractivity contribution is -0.141. The normalized spacial score (nSPS) is 10.8. The molecule has 0 spiro atoms. The maximum absolute atomic E-state index is 12.1. The molecule has 0 atom stereocenters. The van der Waals surface area contributed by atoms with Gasteiger partial charge >= 0.3 is 5.97 Å². The van der Waals surface area contributed by atoms with Crippen LogP contribution in [0.1, 0.15) is 5.69 Å². The standard InChI is InChI=1S/C17H12BrClN2O3S/c18-11-1-6-15-20-13(7-16(22)21(15)8-11)9-24-17(23)10-25-14-4-2-12(19)3-5-14/h1-8H,9-10H2. The van der Waals surface area contributed by atoms with E-state index in [0.717, 1.165) is 9.37 Å². The van der Waals surface area contributed by atoms with E-state index in [4.69, 9.17) is 16.3 Å². The third-order valence-corrected chi connectivity index (χ3v) is 4.93. The summed E-state index contributed by atoms with van der Waals surface area (Å²) in [6, 6.07) is 12.1. The van der Waals surface area contributed by atoms with Gasteiger partial charge in [0.2, 0.25) is 0 Å². The van der Waals surface area contributed by atoms with Crippen molar-refractivity contribution in [3.8, 4) is 0 Å². The van der Waals surface area contributed by atoms with E-state index in [1.807, 2.05) is 12.1 Å². The number of fused-ring (bicyclic) bond motifs is 1. The van der Waals surface area contributed by atoms with Gasteiger partial charge in [0.05, 0.1) is 11.4 Å². The average Bonchev–Trinajstić information content (AvgIpc) is 2.60. The topological polar surface area (TPSA) is 60.7 Å². The summed E-state index contributed by atoms with van der Waals surface area (Å²) in [5.74, 6) is -0.209. The van der Waals surface area contributed by atoms with Crippen molar-refractivity contribution in [3.63, 3.8) is 0 Å². The largest absolute Gasteiger partial charge is 0.459 e. The van der Waals surface area contributed by atoms with Crippen LogP contribution in [-0.4, -0.2) is 21.1 Å². The second-order valence-electron chi connectivity index (χ2n) is 5.06. The lowest BCUT2D eigenvalue weighted by Crippen LogP contribution is -2.17. The molecule has 0 unspecified atom stereocenters. The Morgan fingerprint density at radius 3 is 2.76 bits per heavy atom. The zero-order valence-electron chi connectivity index (χ0n) is 12.8. The number of carbonyl (C=O) groups is 1. The van der Waals surface area contributed by atoms with E-state index in [-0.39, 0.29) is 23.9 Å². The number of ether oxygens (including phenoxy) is 1. The van der Waals surface area contributed by atoms with Gasteiger partial charge in [-0.25, -0.2) is 4.98 Å². The lowest BCUT2D eigenvalue weighted by Gasteiger charge is -2.06. The second-order valence-corrected chi connectivity index (χ2v) is 7.47. The number of hydrogen-bond donors (Lipinski definition) is 0. The zero-order valence-corrected chi connectivity index (χ0v) is 16.0. The molecule has 0 aliphatic heterocycles. The molecule has 128 valence electrons. The summed E-state index contributed by atoms with van der Waals surface area (Å²) < 4.78 is 7.40. The van der Waals surface area contributed by atoms with Crippen LogP contribution in [0.15, 0.2) is 62.8 Å². The number of hydrogen-bond acceptors (Lipinski definition) is 5. The molecule has 0 bridgehead atoms.